The van der Waals surface area contributed by atoms with Gasteiger partial charge in [-0.1, -0.05) is 6.07 Å². The Balaban J connectivity index is 0.000000240. The third kappa shape index (κ3) is 5.38. The minimum absolute atomic E-state index is 0.0216. The topological polar surface area (TPSA) is 187 Å². The minimum atomic E-state index is -4.26. The zero-order valence-corrected chi connectivity index (χ0v) is 14.2. The number of aryl methyl sites for hydroxylation is 1. The van der Waals surface area contributed by atoms with E-state index in [9.17, 15) is 16.8 Å². The number of hydrogen-bond donors (Lipinski definition) is 5. The van der Waals surface area contributed by atoms with Gasteiger partial charge < -0.3 is 17.2 Å². The van der Waals surface area contributed by atoms with E-state index in [0.29, 0.717) is 5.69 Å². The van der Waals surface area contributed by atoms with E-state index in [0.717, 1.165) is 11.6 Å². The Kier molecular flexibility index (Phi) is 5.79. The van der Waals surface area contributed by atoms with Gasteiger partial charge in [0.1, 0.15) is 4.90 Å². The standard InChI is InChI=1S/C7H9NO3S.C6H8N2O3S/c1-5-2-3-6(4-7(5)8)12(9,10)11;7-4-1-2-5(8)6(3-4)12(9,10)11/h2-4H,8H2,1H3,(H,9,10,11);1-3H,7-8H2,(H,9,10,11). The summed E-state index contributed by atoms with van der Waals surface area (Å²) in [7, 11) is -8.38. The van der Waals surface area contributed by atoms with Crippen LogP contribution in [0.25, 0.3) is 0 Å². The molecule has 8 N–H and O–H groups in total. The summed E-state index contributed by atoms with van der Waals surface area (Å²) in [5.41, 5.74) is 17.4. The summed E-state index contributed by atoms with van der Waals surface area (Å²) in [6.07, 6.45) is 0. The Hall–Kier alpha value is -2.34. The second-order valence-corrected chi connectivity index (χ2v) is 7.58. The number of nitrogen functional groups attached to an aromatic ring is 3. The summed E-state index contributed by atoms with van der Waals surface area (Å²) >= 11 is 0. The van der Waals surface area contributed by atoms with E-state index >= 15 is 0 Å². The van der Waals surface area contributed by atoms with Crippen LogP contribution in [0.15, 0.2) is 46.2 Å². The van der Waals surface area contributed by atoms with E-state index in [1.807, 2.05) is 0 Å². The van der Waals surface area contributed by atoms with Crippen molar-refractivity contribution in [2.75, 3.05) is 17.2 Å². The van der Waals surface area contributed by atoms with Gasteiger partial charge in [-0.3, -0.25) is 9.11 Å². The maximum atomic E-state index is 10.6. The Bertz CT molecular complexity index is 956. The first-order valence-electron chi connectivity index (χ1n) is 6.28. The minimum Gasteiger partial charge on any atom is -0.399 e. The highest BCUT2D eigenvalue weighted by molar-refractivity contribution is 7.86. The van der Waals surface area contributed by atoms with Crippen LogP contribution in [-0.4, -0.2) is 25.9 Å². The largest absolute Gasteiger partial charge is 0.399 e. The number of rotatable bonds is 2. The van der Waals surface area contributed by atoms with Crippen LogP contribution in [0.2, 0.25) is 0 Å². The summed E-state index contributed by atoms with van der Waals surface area (Å²) < 4.78 is 59.7. The third-order valence-electron chi connectivity index (χ3n) is 2.86. The lowest BCUT2D eigenvalue weighted by molar-refractivity contribution is 0.481. The first-order chi connectivity index (χ1) is 10.8. The monoisotopic (exact) mass is 375 g/mol. The van der Waals surface area contributed by atoms with E-state index in [4.69, 9.17) is 26.3 Å². The zero-order valence-electron chi connectivity index (χ0n) is 12.5. The van der Waals surface area contributed by atoms with E-state index in [2.05, 4.69) is 0 Å². The average Bonchev–Trinajstić information content (AvgIpc) is 2.43. The summed E-state index contributed by atoms with van der Waals surface area (Å²) in [6.45, 7) is 1.75. The second-order valence-electron chi connectivity index (χ2n) is 4.77. The molecule has 2 rings (SSSR count). The van der Waals surface area contributed by atoms with Crippen LogP contribution in [0, 0.1) is 6.92 Å². The van der Waals surface area contributed by atoms with Gasteiger partial charge in [0.15, 0.2) is 0 Å². The molecule has 0 unspecified atom stereocenters. The molecule has 9 nitrogen and oxygen atoms in total. The first kappa shape index (κ1) is 19.7. The molecule has 0 fully saturated rings. The highest BCUT2D eigenvalue weighted by atomic mass is 32.2. The van der Waals surface area contributed by atoms with Crippen molar-refractivity contribution in [3.05, 3.63) is 42.0 Å². The lowest BCUT2D eigenvalue weighted by Gasteiger charge is -2.02. The fourth-order valence-corrected chi connectivity index (χ4v) is 2.72. The number of hydrogen-bond acceptors (Lipinski definition) is 7. The highest BCUT2D eigenvalue weighted by Gasteiger charge is 2.13. The summed E-state index contributed by atoms with van der Waals surface area (Å²) in [5, 5.41) is 0. The van der Waals surface area contributed by atoms with Gasteiger partial charge in [-0.15, -0.1) is 0 Å². The Morgan fingerprint density at radius 2 is 1.38 bits per heavy atom. The molecule has 0 aromatic heterocycles. The second kappa shape index (κ2) is 7.05. The van der Waals surface area contributed by atoms with Gasteiger partial charge in [0, 0.05) is 11.4 Å². The van der Waals surface area contributed by atoms with Gasteiger partial charge in [-0.05, 0) is 42.8 Å². The van der Waals surface area contributed by atoms with Gasteiger partial charge in [0.05, 0.1) is 10.6 Å². The summed E-state index contributed by atoms with van der Waals surface area (Å²) in [4.78, 5) is -0.534. The predicted octanol–water partition coefficient (Wildman–Crippen LogP) is 0.922. The normalized spacial score (nSPS) is 11.5. The van der Waals surface area contributed by atoms with Gasteiger partial charge >= 0.3 is 0 Å². The van der Waals surface area contributed by atoms with Crippen LogP contribution < -0.4 is 17.2 Å². The average molecular weight is 375 g/mol. The van der Waals surface area contributed by atoms with Crippen molar-refractivity contribution in [2.45, 2.75) is 16.7 Å². The van der Waals surface area contributed by atoms with E-state index in [1.165, 1.54) is 24.3 Å². The fourth-order valence-electron chi connectivity index (χ4n) is 1.55. The lowest BCUT2D eigenvalue weighted by atomic mass is 10.2. The summed E-state index contributed by atoms with van der Waals surface area (Å²) in [5.74, 6) is 0. The molecule has 0 aliphatic rings. The molecule has 0 amide bonds. The molecule has 0 spiro atoms. The molecule has 2 aromatic carbocycles. The van der Waals surface area contributed by atoms with Crippen molar-refractivity contribution in [3.63, 3.8) is 0 Å². The Morgan fingerprint density at radius 1 is 0.792 bits per heavy atom. The highest BCUT2D eigenvalue weighted by Crippen LogP contribution is 2.20. The molecule has 0 saturated heterocycles. The van der Waals surface area contributed by atoms with Crippen molar-refractivity contribution < 1.29 is 25.9 Å². The van der Waals surface area contributed by atoms with Gasteiger partial charge in [0.2, 0.25) is 0 Å². The molecule has 0 aliphatic heterocycles. The molecule has 132 valence electrons. The van der Waals surface area contributed by atoms with Gasteiger partial charge in [-0.25, -0.2) is 0 Å². The molecule has 0 radical (unpaired) electrons. The van der Waals surface area contributed by atoms with Crippen LogP contribution in [0.1, 0.15) is 5.56 Å². The van der Waals surface area contributed by atoms with E-state index < -0.39 is 20.2 Å². The molecule has 0 atom stereocenters. The Morgan fingerprint density at radius 3 is 1.79 bits per heavy atom. The molecular weight excluding hydrogens is 358 g/mol. The molecular formula is C13H17N3O6S2. The predicted molar refractivity (Wildman–Crippen MR) is 90.5 cm³/mol. The molecule has 11 heteroatoms. The third-order valence-corrected chi connectivity index (χ3v) is 4.62. The van der Waals surface area contributed by atoms with Crippen molar-refractivity contribution >= 4 is 37.3 Å². The summed E-state index contributed by atoms with van der Waals surface area (Å²) in [6, 6.07) is 7.94. The SMILES string of the molecule is Cc1ccc(S(=O)(=O)O)cc1N.Nc1ccc(N)c(S(=O)(=O)O)c1. The van der Waals surface area contributed by atoms with Gasteiger partial charge in [0.25, 0.3) is 20.2 Å². The molecule has 0 aliphatic carbocycles. The quantitative estimate of drug-likeness (QED) is 0.375. The molecule has 2 aromatic rings. The Labute approximate surface area is 139 Å². The zero-order chi connectivity index (χ0) is 18.7. The maximum Gasteiger partial charge on any atom is 0.296 e. The van der Waals surface area contributed by atoms with Crippen LogP contribution in [-0.2, 0) is 20.2 Å². The number of benzene rings is 2. The van der Waals surface area contributed by atoms with E-state index in [1.54, 1.807) is 13.0 Å². The van der Waals surface area contributed by atoms with Crippen LogP contribution in [0.4, 0.5) is 17.1 Å². The number of nitrogens with two attached hydrogens (primary N) is 3. The van der Waals surface area contributed by atoms with Crippen molar-refractivity contribution in [2.24, 2.45) is 0 Å². The molecule has 0 bridgehead atoms. The van der Waals surface area contributed by atoms with Gasteiger partial charge in [-0.2, -0.15) is 16.8 Å². The van der Waals surface area contributed by atoms with Crippen LogP contribution >= 0.6 is 0 Å². The van der Waals surface area contributed by atoms with E-state index in [-0.39, 0.29) is 21.2 Å². The van der Waals surface area contributed by atoms with Crippen molar-refractivity contribution in [1.29, 1.82) is 0 Å². The number of anilines is 3. The van der Waals surface area contributed by atoms with Crippen LogP contribution in [0.5, 0.6) is 0 Å². The molecule has 0 saturated carbocycles. The molecule has 0 heterocycles. The maximum absolute atomic E-state index is 10.6. The van der Waals surface area contributed by atoms with Crippen molar-refractivity contribution in [1.82, 2.24) is 0 Å². The molecule has 24 heavy (non-hydrogen) atoms. The fraction of sp³-hybridized carbons (Fsp3) is 0.0769. The lowest BCUT2D eigenvalue weighted by Crippen LogP contribution is -2.03. The first-order valence-corrected chi connectivity index (χ1v) is 9.16. The van der Waals surface area contributed by atoms with Crippen molar-refractivity contribution in [3.8, 4) is 0 Å². The van der Waals surface area contributed by atoms with Crippen LogP contribution in [0.3, 0.4) is 0 Å². The smallest absolute Gasteiger partial charge is 0.296 e.